The van der Waals surface area contributed by atoms with Crippen LogP contribution in [0.15, 0.2) is 231 Å². The monoisotopic (exact) mass is 836 g/mol. The van der Waals surface area contributed by atoms with E-state index in [1.54, 1.807) is 12.1 Å². The van der Waals surface area contributed by atoms with Crippen LogP contribution < -0.4 is 9.80 Å². The van der Waals surface area contributed by atoms with Crippen molar-refractivity contribution < 1.29 is 8.78 Å². The molecule has 2 aliphatic carbocycles. The number of nitrogens with zero attached hydrogens (tertiary/aromatic N) is 2. The van der Waals surface area contributed by atoms with E-state index in [0.717, 1.165) is 72.0 Å². The minimum Gasteiger partial charge on any atom is -0.310 e. The van der Waals surface area contributed by atoms with Crippen molar-refractivity contribution in [1.82, 2.24) is 0 Å². The lowest BCUT2D eigenvalue weighted by molar-refractivity contribution is 0.627. The van der Waals surface area contributed by atoms with Crippen LogP contribution in [0.3, 0.4) is 0 Å². The van der Waals surface area contributed by atoms with Crippen molar-refractivity contribution in [1.29, 1.82) is 0 Å². The highest BCUT2D eigenvalue weighted by Gasteiger charge is 2.52. The Labute approximate surface area is 375 Å². The fourth-order valence-corrected chi connectivity index (χ4v) is 11.0. The van der Waals surface area contributed by atoms with Crippen LogP contribution >= 0.6 is 0 Å². The first kappa shape index (κ1) is 37.2. The van der Waals surface area contributed by atoms with Crippen LogP contribution in [0, 0.1) is 11.6 Å². The summed E-state index contributed by atoms with van der Waals surface area (Å²) in [4.78, 5) is 4.54. The van der Waals surface area contributed by atoms with Gasteiger partial charge in [0.25, 0.3) is 0 Å². The first-order valence-corrected chi connectivity index (χ1v) is 22.0. The van der Waals surface area contributed by atoms with Gasteiger partial charge in [-0.15, -0.1) is 0 Å². The van der Waals surface area contributed by atoms with Gasteiger partial charge < -0.3 is 9.80 Å². The number of fused-ring (bicyclic) bond motifs is 14. The van der Waals surface area contributed by atoms with E-state index in [9.17, 15) is 8.78 Å². The number of anilines is 6. The highest BCUT2D eigenvalue weighted by molar-refractivity contribution is 6.12. The van der Waals surface area contributed by atoms with Gasteiger partial charge in [-0.3, -0.25) is 0 Å². The molecule has 0 saturated heterocycles. The van der Waals surface area contributed by atoms with Gasteiger partial charge in [-0.25, -0.2) is 8.78 Å². The molecule has 0 atom stereocenters. The molecule has 0 aromatic heterocycles. The Hall–Kier alpha value is -8.34. The minimum absolute atomic E-state index is 0.282. The van der Waals surface area contributed by atoms with Crippen molar-refractivity contribution in [2.45, 2.75) is 5.41 Å². The highest BCUT2D eigenvalue weighted by Crippen LogP contribution is 2.65. The molecule has 2 nitrogen and oxygen atoms in total. The zero-order chi connectivity index (χ0) is 43.2. The van der Waals surface area contributed by atoms with E-state index in [-0.39, 0.29) is 11.6 Å². The molecule has 11 aromatic carbocycles. The number of halogens is 2. The molecule has 65 heavy (non-hydrogen) atoms. The Morgan fingerprint density at radius 2 is 0.738 bits per heavy atom. The molecule has 0 bridgehead atoms. The van der Waals surface area contributed by atoms with Crippen LogP contribution in [-0.4, -0.2) is 0 Å². The molecule has 1 spiro atoms. The summed E-state index contributed by atoms with van der Waals surface area (Å²) < 4.78 is 29.4. The van der Waals surface area contributed by atoms with Crippen LogP contribution in [0.4, 0.5) is 42.9 Å². The predicted octanol–water partition coefficient (Wildman–Crippen LogP) is 16.7. The van der Waals surface area contributed by atoms with Gasteiger partial charge in [0, 0.05) is 33.8 Å². The average molecular weight is 837 g/mol. The van der Waals surface area contributed by atoms with E-state index >= 15 is 0 Å². The molecule has 0 heterocycles. The van der Waals surface area contributed by atoms with E-state index in [2.05, 4.69) is 192 Å². The molecule has 0 aliphatic heterocycles. The molecular formula is C61H38F2N2. The van der Waals surface area contributed by atoms with Crippen molar-refractivity contribution >= 4 is 66.4 Å². The van der Waals surface area contributed by atoms with Crippen LogP contribution in [0.25, 0.3) is 54.6 Å². The van der Waals surface area contributed by atoms with Crippen molar-refractivity contribution in [3.63, 3.8) is 0 Å². The average Bonchev–Trinajstić information content (AvgIpc) is 3.82. The highest BCUT2D eigenvalue weighted by atomic mass is 19.1. The Morgan fingerprint density at radius 1 is 0.292 bits per heavy atom. The second kappa shape index (κ2) is 14.3. The number of benzene rings is 11. The Kier molecular flexibility index (Phi) is 8.22. The molecule has 4 heteroatoms. The van der Waals surface area contributed by atoms with Crippen molar-refractivity contribution in [3.05, 3.63) is 264 Å². The van der Waals surface area contributed by atoms with E-state index < -0.39 is 5.41 Å². The summed E-state index contributed by atoms with van der Waals surface area (Å²) >= 11 is 0. The van der Waals surface area contributed by atoms with Gasteiger partial charge >= 0.3 is 0 Å². The number of rotatable bonds is 6. The summed E-state index contributed by atoms with van der Waals surface area (Å²) in [5.74, 6) is -0.565. The van der Waals surface area contributed by atoms with Gasteiger partial charge in [0.15, 0.2) is 0 Å². The van der Waals surface area contributed by atoms with Crippen LogP contribution in [-0.2, 0) is 5.41 Å². The zero-order valence-corrected chi connectivity index (χ0v) is 35.1. The molecule has 306 valence electrons. The quantitative estimate of drug-likeness (QED) is 0.165. The second-order valence-electron chi connectivity index (χ2n) is 17.1. The third-order valence-electron chi connectivity index (χ3n) is 13.7. The Morgan fingerprint density at radius 3 is 1.34 bits per heavy atom. The fraction of sp³-hybridized carbons (Fsp3) is 0.0164. The summed E-state index contributed by atoms with van der Waals surface area (Å²) in [6.45, 7) is 0. The lowest BCUT2D eigenvalue weighted by Gasteiger charge is -2.34. The first-order valence-electron chi connectivity index (χ1n) is 22.0. The van der Waals surface area contributed by atoms with Crippen molar-refractivity contribution in [2.24, 2.45) is 0 Å². The summed E-state index contributed by atoms with van der Waals surface area (Å²) in [5.41, 5.74) is 14.5. The Balaban J connectivity index is 1.13. The van der Waals surface area contributed by atoms with Gasteiger partial charge in [-0.05, 0) is 162 Å². The maximum Gasteiger partial charge on any atom is 0.123 e. The zero-order valence-electron chi connectivity index (χ0n) is 35.1. The summed E-state index contributed by atoms with van der Waals surface area (Å²) in [6.07, 6.45) is 0. The molecule has 0 fully saturated rings. The van der Waals surface area contributed by atoms with E-state index in [4.69, 9.17) is 0 Å². The smallest absolute Gasteiger partial charge is 0.123 e. The summed E-state index contributed by atoms with van der Waals surface area (Å²) in [7, 11) is 0. The maximum atomic E-state index is 14.8. The molecule has 2 aliphatic rings. The van der Waals surface area contributed by atoms with Crippen LogP contribution in [0.5, 0.6) is 0 Å². The SMILES string of the molecule is Fc1ccc(N(c2ccc3c(c2)C2(c4ccccc4-c4ccccc42)c2cc(N(c4ccc(F)cc4)c4ccc5ccccc5c4)c4ccccc4c2-3)c2ccc3ccccc3c2)cc1. The third-order valence-corrected chi connectivity index (χ3v) is 13.7. The van der Waals surface area contributed by atoms with Gasteiger partial charge in [0.1, 0.15) is 11.6 Å². The normalized spacial score (nSPS) is 12.9. The van der Waals surface area contributed by atoms with Crippen molar-refractivity contribution in [3.8, 4) is 22.3 Å². The fourth-order valence-electron chi connectivity index (χ4n) is 11.0. The molecule has 0 unspecified atom stereocenters. The molecule has 0 saturated carbocycles. The molecular weight excluding hydrogens is 799 g/mol. The molecule has 0 N–H and O–H groups in total. The number of hydrogen-bond donors (Lipinski definition) is 0. The second-order valence-corrected chi connectivity index (χ2v) is 17.1. The maximum absolute atomic E-state index is 14.8. The topological polar surface area (TPSA) is 6.48 Å². The molecule has 11 aromatic rings. The lowest BCUT2D eigenvalue weighted by atomic mass is 9.70. The minimum atomic E-state index is -0.720. The van der Waals surface area contributed by atoms with Gasteiger partial charge in [-0.2, -0.15) is 0 Å². The van der Waals surface area contributed by atoms with Gasteiger partial charge in [-0.1, -0.05) is 140 Å². The predicted molar refractivity (Wildman–Crippen MR) is 265 cm³/mol. The largest absolute Gasteiger partial charge is 0.310 e. The van der Waals surface area contributed by atoms with Crippen LogP contribution in [0.2, 0.25) is 0 Å². The first-order chi connectivity index (χ1) is 32.0. The van der Waals surface area contributed by atoms with Crippen molar-refractivity contribution in [2.75, 3.05) is 9.80 Å². The molecule has 13 rings (SSSR count). The van der Waals surface area contributed by atoms with Gasteiger partial charge in [0.2, 0.25) is 0 Å². The van der Waals surface area contributed by atoms with E-state index in [0.29, 0.717) is 0 Å². The number of hydrogen-bond acceptors (Lipinski definition) is 2. The summed E-state index contributed by atoms with van der Waals surface area (Å²) in [6, 6.07) is 79.3. The molecule has 0 radical (unpaired) electrons. The van der Waals surface area contributed by atoms with Crippen LogP contribution in [0.1, 0.15) is 22.3 Å². The standard InChI is InChI=1S/C61H38F2N2/c62-43-23-29-45(30-24-43)64(47-27-21-39-11-1-3-13-41(39)35-47)49-33-34-54-57(37-49)61(55-19-9-7-15-50(55)51-16-8-10-20-56(51)61)58-38-59(52-17-5-6-18-53(52)60(54)58)65(46-31-25-44(63)26-32-46)48-28-22-40-12-2-4-14-42(40)36-48/h1-38H. The van der Waals surface area contributed by atoms with E-state index in [1.807, 2.05) is 24.3 Å². The van der Waals surface area contributed by atoms with E-state index in [1.165, 1.54) is 51.1 Å². The summed E-state index contributed by atoms with van der Waals surface area (Å²) in [5, 5.41) is 6.76. The molecule has 0 amide bonds. The third kappa shape index (κ3) is 5.57. The Bertz CT molecular complexity index is 3660. The van der Waals surface area contributed by atoms with Gasteiger partial charge in [0.05, 0.1) is 11.1 Å². The lowest BCUT2D eigenvalue weighted by Crippen LogP contribution is -2.26.